The van der Waals surface area contributed by atoms with Gasteiger partial charge in [-0.05, 0) is 32.2 Å². The maximum Gasteiger partial charge on any atom is 0.0773 e. The Morgan fingerprint density at radius 3 is 3.00 bits per heavy atom. The van der Waals surface area contributed by atoms with Gasteiger partial charge in [0.1, 0.15) is 0 Å². The lowest BCUT2D eigenvalue weighted by atomic mass is 10.3. The third-order valence-electron chi connectivity index (χ3n) is 2.08. The summed E-state index contributed by atoms with van der Waals surface area (Å²) in [5, 5.41) is 7.54. The zero-order chi connectivity index (χ0) is 9.26. The van der Waals surface area contributed by atoms with Crippen molar-refractivity contribution in [3.8, 4) is 0 Å². The molecule has 2 aromatic rings. The molecule has 3 nitrogen and oxygen atoms in total. The molecule has 2 rings (SSSR count). The highest BCUT2D eigenvalue weighted by atomic mass is 15.2. The third kappa shape index (κ3) is 1.42. The van der Waals surface area contributed by atoms with Crippen LogP contribution in [-0.2, 0) is 6.54 Å². The zero-order valence-corrected chi connectivity index (χ0v) is 7.91. The summed E-state index contributed by atoms with van der Waals surface area (Å²) in [4.78, 5) is 0. The molecule has 0 aliphatic carbocycles. The molecule has 0 amide bonds. The van der Waals surface area contributed by atoms with Crippen molar-refractivity contribution in [1.82, 2.24) is 14.9 Å². The van der Waals surface area contributed by atoms with E-state index in [0.717, 1.165) is 17.8 Å². The van der Waals surface area contributed by atoms with E-state index in [1.165, 1.54) is 5.69 Å². The van der Waals surface area contributed by atoms with E-state index in [9.17, 15) is 0 Å². The van der Waals surface area contributed by atoms with E-state index in [2.05, 4.69) is 41.6 Å². The number of rotatable bonds is 2. The molecule has 13 heavy (non-hydrogen) atoms. The molecule has 2 aromatic heterocycles. The van der Waals surface area contributed by atoms with Gasteiger partial charge in [-0.1, -0.05) is 6.07 Å². The molecule has 0 aliphatic heterocycles. The molecule has 3 heteroatoms. The fourth-order valence-corrected chi connectivity index (χ4v) is 1.47. The molecular weight excluding hydrogens is 162 g/mol. The second-order valence-electron chi connectivity index (χ2n) is 3.17. The van der Waals surface area contributed by atoms with Crippen LogP contribution in [0.5, 0.6) is 0 Å². The van der Waals surface area contributed by atoms with E-state index >= 15 is 0 Å². The van der Waals surface area contributed by atoms with Crippen LogP contribution >= 0.6 is 0 Å². The Morgan fingerprint density at radius 1 is 1.46 bits per heavy atom. The number of aryl methyl sites for hydroxylation is 1. The van der Waals surface area contributed by atoms with Crippen molar-refractivity contribution in [3.63, 3.8) is 0 Å². The van der Waals surface area contributed by atoms with Gasteiger partial charge in [-0.15, -0.1) is 0 Å². The van der Waals surface area contributed by atoms with Crippen molar-refractivity contribution in [3.05, 3.63) is 35.7 Å². The zero-order valence-electron chi connectivity index (χ0n) is 7.91. The van der Waals surface area contributed by atoms with Gasteiger partial charge in [-0.2, -0.15) is 5.10 Å². The maximum atomic E-state index is 4.46. The number of hydrogen-bond donors (Lipinski definition) is 1. The summed E-state index contributed by atoms with van der Waals surface area (Å²) >= 11 is 0. The Labute approximate surface area is 77.4 Å². The van der Waals surface area contributed by atoms with Crippen LogP contribution in [0.25, 0.3) is 5.52 Å². The summed E-state index contributed by atoms with van der Waals surface area (Å²) in [6.07, 6.45) is 0. The van der Waals surface area contributed by atoms with E-state index < -0.39 is 0 Å². The Morgan fingerprint density at radius 2 is 2.31 bits per heavy atom. The Balaban J connectivity index is 2.55. The topological polar surface area (TPSA) is 29.3 Å². The predicted molar refractivity (Wildman–Crippen MR) is 52.7 cm³/mol. The van der Waals surface area contributed by atoms with Crippen LogP contribution in [0.15, 0.2) is 24.3 Å². The summed E-state index contributed by atoms with van der Waals surface area (Å²) < 4.78 is 1.96. The number of fused-ring (bicyclic) bond motifs is 1. The first-order valence-electron chi connectivity index (χ1n) is 4.40. The van der Waals surface area contributed by atoms with Gasteiger partial charge in [-0.25, -0.2) is 4.52 Å². The molecular formula is C10H13N3. The van der Waals surface area contributed by atoms with Gasteiger partial charge in [-0.3, -0.25) is 0 Å². The molecule has 1 N–H and O–H groups in total. The Hall–Kier alpha value is -1.35. The fraction of sp³-hybridized carbons (Fsp3) is 0.300. The fourth-order valence-electron chi connectivity index (χ4n) is 1.47. The van der Waals surface area contributed by atoms with Gasteiger partial charge >= 0.3 is 0 Å². The second kappa shape index (κ2) is 3.18. The summed E-state index contributed by atoms with van der Waals surface area (Å²) in [6, 6.07) is 8.28. The number of pyridine rings is 1. The predicted octanol–water partition coefficient (Wildman–Crippen LogP) is 1.36. The molecule has 0 unspecified atom stereocenters. The number of aromatic nitrogens is 2. The molecule has 0 saturated carbocycles. The minimum atomic E-state index is 0.821. The van der Waals surface area contributed by atoms with Crippen molar-refractivity contribution in [1.29, 1.82) is 0 Å². The van der Waals surface area contributed by atoms with Gasteiger partial charge in [0.15, 0.2) is 0 Å². The molecule has 0 spiro atoms. The van der Waals surface area contributed by atoms with Crippen LogP contribution in [0, 0.1) is 6.92 Å². The number of hydrogen-bond acceptors (Lipinski definition) is 2. The summed E-state index contributed by atoms with van der Waals surface area (Å²) in [7, 11) is 1.93. The van der Waals surface area contributed by atoms with Crippen molar-refractivity contribution < 1.29 is 0 Å². The Bertz CT molecular complexity index is 417. The summed E-state index contributed by atoms with van der Waals surface area (Å²) in [5.74, 6) is 0. The quantitative estimate of drug-likeness (QED) is 0.746. The van der Waals surface area contributed by atoms with Crippen molar-refractivity contribution in [2.75, 3.05) is 7.05 Å². The maximum absolute atomic E-state index is 4.46. The number of nitrogens with zero attached hydrogens (tertiary/aromatic N) is 2. The molecule has 0 radical (unpaired) electrons. The van der Waals surface area contributed by atoms with Gasteiger partial charge in [0.2, 0.25) is 0 Å². The molecule has 0 aliphatic rings. The molecule has 0 bridgehead atoms. The molecule has 68 valence electrons. The number of nitrogens with one attached hydrogen (secondary N) is 1. The van der Waals surface area contributed by atoms with Gasteiger partial charge < -0.3 is 5.32 Å². The van der Waals surface area contributed by atoms with E-state index in [4.69, 9.17) is 0 Å². The minimum absolute atomic E-state index is 0.821. The van der Waals surface area contributed by atoms with E-state index in [1.54, 1.807) is 0 Å². The molecule has 0 fully saturated rings. The van der Waals surface area contributed by atoms with Crippen LogP contribution < -0.4 is 5.32 Å². The molecule has 0 atom stereocenters. The second-order valence-corrected chi connectivity index (χ2v) is 3.17. The monoisotopic (exact) mass is 175 g/mol. The average Bonchev–Trinajstić information content (AvgIpc) is 2.49. The first-order valence-corrected chi connectivity index (χ1v) is 4.40. The highest BCUT2D eigenvalue weighted by molar-refractivity contribution is 5.48. The lowest BCUT2D eigenvalue weighted by Crippen LogP contribution is -2.05. The summed E-state index contributed by atoms with van der Waals surface area (Å²) in [6.45, 7) is 2.88. The lowest BCUT2D eigenvalue weighted by Gasteiger charge is -1.96. The van der Waals surface area contributed by atoms with Crippen LogP contribution in [0.4, 0.5) is 0 Å². The Kier molecular flexibility index (Phi) is 2.02. The highest BCUT2D eigenvalue weighted by Crippen LogP contribution is 2.08. The smallest absolute Gasteiger partial charge is 0.0773 e. The van der Waals surface area contributed by atoms with Crippen LogP contribution in [0.2, 0.25) is 0 Å². The first kappa shape index (κ1) is 8.26. The first-order chi connectivity index (χ1) is 6.31. The lowest BCUT2D eigenvalue weighted by molar-refractivity contribution is 0.764. The van der Waals surface area contributed by atoms with E-state index in [0.29, 0.717) is 0 Å². The van der Waals surface area contributed by atoms with Crippen molar-refractivity contribution >= 4 is 5.52 Å². The van der Waals surface area contributed by atoms with Gasteiger partial charge in [0.25, 0.3) is 0 Å². The largest absolute Gasteiger partial charge is 0.314 e. The normalized spacial score (nSPS) is 10.9. The van der Waals surface area contributed by atoms with E-state index in [-0.39, 0.29) is 0 Å². The summed E-state index contributed by atoms with van der Waals surface area (Å²) in [5.41, 5.74) is 3.40. The SMILES string of the molecule is CNCc1cc2cccc(C)n2n1. The van der Waals surface area contributed by atoms with Crippen LogP contribution in [0.1, 0.15) is 11.4 Å². The van der Waals surface area contributed by atoms with Crippen LogP contribution in [0.3, 0.4) is 0 Å². The van der Waals surface area contributed by atoms with E-state index in [1.807, 2.05) is 11.6 Å². The average molecular weight is 175 g/mol. The minimum Gasteiger partial charge on any atom is -0.314 e. The van der Waals surface area contributed by atoms with Crippen molar-refractivity contribution in [2.45, 2.75) is 13.5 Å². The van der Waals surface area contributed by atoms with Gasteiger partial charge in [0, 0.05) is 12.2 Å². The van der Waals surface area contributed by atoms with Crippen LogP contribution in [-0.4, -0.2) is 16.7 Å². The van der Waals surface area contributed by atoms with Gasteiger partial charge in [0.05, 0.1) is 11.2 Å². The standard InChI is InChI=1S/C10H13N3/c1-8-4-3-5-10-6-9(7-11-2)12-13(8)10/h3-6,11H,7H2,1-2H3. The highest BCUT2D eigenvalue weighted by Gasteiger charge is 2.00. The molecule has 0 aromatic carbocycles. The third-order valence-corrected chi connectivity index (χ3v) is 2.08. The van der Waals surface area contributed by atoms with Crippen molar-refractivity contribution in [2.24, 2.45) is 0 Å². The molecule has 2 heterocycles. The molecule has 0 saturated heterocycles.